The maximum absolute atomic E-state index is 5.74. The minimum Gasteiger partial charge on any atom is -0.399 e. The Hall–Kier alpha value is -1.81. The summed E-state index contributed by atoms with van der Waals surface area (Å²) >= 11 is 0. The number of aromatic nitrogens is 2. The highest BCUT2D eigenvalue weighted by Gasteiger charge is 2.28. The number of rotatable bonds is 6. The van der Waals surface area contributed by atoms with Crippen LogP contribution in [0.3, 0.4) is 0 Å². The molecule has 2 N–H and O–H groups in total. The Balaban J connectivity index is 1.59. The van der Waals surface area contributed by atoms with Gasteiger partial charge in [0.15, 0.2) is 0 Å². The van der Waals surface area contributed by atoms with E-state index in [-0.39, 0.29) is 0 Å². The Morgan fingerprint density at radius 1 is 1.25 bits per heavy atom. The van der Waals surface area contributed by atoms with Crippen LogP contribution >= 0.6 is 0 Å². The molecule has 0 aliphatic heterocycles. The number of benzene rings is 1. The van der Waals surface area contributed by atoms with Gasteiger partial charge in [-0.25, -0.2) is 0 Å². The molecule has 4 nitrogen and oxygen atoms in total. The van der Waals surface area contributed by atoms with Gasteiger partial charge in [-0.15, -0.1) is 0 Å². The fourth-order valence-corrected chi connectivity index (χ4v) is 2.56. The van der Waals surface area contributed by atoms with Crippen LogP contribution in [0.2, 0.25) is 0 Å². The Morgan fingerprint density at radius 3 is 2.60 bits per heavy atom. The molecule has 0 atom stereocenters. The Kier molecular flexibility index (Phi) is 3.74. The van der Waals surface area contributed by atoms with E-state index < -0.39 is 0 Å². The molecule has 0 bridgehead atoms. The SMILES string of the molecule is Cn1cc(CCN(Cc2ccc(N)cc2)C2CC2)cn1. The van der Waals surface area contributed by atoms with E-state index in [1.54, 1.807) is 0 Å². The highest BCUT2D eigenvalue weighted by molar-refractivity contribution is 5.39. The topological polar surface area (TPSA) is 47.1 Å². The lowest BCUT2D eigenvalue weighted by molar-refractivity contribution is 0.258. The molecule has 1 fully saturated rings. The third kappa shape index (κ3) is 3.39. The smallest absolute Gasteiger partial charge is 0.0522 e. The van der Waals surface area contributed by atoms with Crippen LogP contribution in [0.25, 0.3) is 0 Å². The maximum Gasteiger partial charge on any atom is 0.0522 e. The first-order chi connectivity index (χ1) is 9.70. The summed E-state index contributed by atoms with van der Waals surface area (Å²) in [4.78, 5) is 2.58. The van der Waals surface area contributed by atoms with Crippen LogP contribution < -0.4 is 5.73 Å². The number of nitrogens with zero attached hydrogens (tertiary/aromatic N) is 3. The van der Waals surface area contributed by atoms with Crippen molar-refractivity contribution in [2.75, 3.05) is 12.3 Å². The van der Waals surface area contributed by atoms with Gasteiger partial charge in [-0.05, 0) is 42.5 Å². The van der Waals surface area contributed by atoms with E-state index in [2.05, 4.69) is 28.3 Å². The quantitative estimate of drug-likeness (QED) is 0.819. The number of nitrogen functional groups attached to an aromatic ring is 1. The van der Waals surface area contributed by atoms with Crippen LogP contribution in [0.1, 0.15) is 24.0 Å². The van der Waals surface area contributed by atoms with Crippen LogP contribution in [0.5, 0.6) is 0 Å². The first-order valence-electron chi connectivity index (χ1n) is 7.27. The summed E-state index contributed by atoms with van der Waals surface area (Å²) in [6.45, 7) is 2.12. The van der Waals surface area contributed by atoms with E-state index in [1.165, 1.54) is 24.0 Å². The van der Waals surface area contributed by atoms with Gasteiger partial charge in [0.2, 0.25) is 0 Å². The van der Waals surface area contributed by atoms with Gasteiger partial charge in [-0.2, -0.15) is 5.10 Å². The summed E-state index contributed by atoms with van der Waals surface area (Å²) in [5, 5.41) is 4.23. The largest absolute Gasteiger partial charge is 0.399 e. The van der Waals surface area contributed by atoms with Gasteiger partial charge in [0.05, 0.1) is 6.20 Å². The summed E-state index contributed by atoms with van der Waals surface area (Å²) < 4.78 is 1.87. The summed E-state index contributed by atoms with van der Waals surface area (Å²) in [5.74, 6) is 0. The monoisotopic (exact) mass is 270 g/mol. The predicted octanol–water partition coefficient (Wildman–Crippen LogP) is 2.21. The molecule has 4 heteroatoms. The zero-order chi connectivity index (χ0) is 13.9. The average molecular weight is 270 g/mol. The molecule has 106 valence electrons. The van der Waals surface area contributed by atoms with Crippen molar-refractivity contribution in [3.63, 3.8) is 0 Å². The average Bonchev–Trinajstić information content (AvgIpc) is 3.20. The molecule has 3 rings (SSSR count). The van der Waals surface area contributed by atoms with Crippen molar-refractivity contribution in [2.45, 2.75) is 31.8 Å². The van der Waals surface area contributed by atoms with Crippen molar-refractivity contribution in [3.8, 4) is 0 Å². The minimum absolute atomic E-state index is 0.768. The summed E-state index contributed by atoms with van der Waals surface area (Å²) in [6, 6.07) is 9.01. The molecule has 0 unspecified atom stereocenters. The normalized spacial score (nSPS) is 14.9. The molecular weight excluding hydrogens is 248 g/mol. The van der Waals surface area contributed by atoms with Gasteiger partial charge < -0.3 is 5.73 Å². The molecule has 2 aromatic rings. The van der Waals surface area contributed by atoms with Crippen molar-refractivity contribution in [1.29, 1.82) is 0 Å². The number of hydrogen-bond donors (Lipinski definition) is 1. The molecule has 0 amide bonds. The summed E-state index contributed by atoms with van der Waals surface area (Å²) in [6.07, 6.45) is 7.81. The van der Waals surface area contributed by atoms with Crippen molar-refractivity contribution in [1.82, 2.24) is 14.7 Å². The number of nitrogens with two attached hydrogens (primary N) is 1. The maximum atomic E-state index is 5.74. The van der Waals surface area contributed by atoms with Crippen LogP contribution in [-0.2, 0) is 20.0 Å². The molecule has 0 spiro atoms. The standard InChI is InChI=1S/C16H22N4/c1-19-11-14(10-18-19)8-9-20(16-6-7-16)12-13-2-4-15(17)5-3-13/h2-5,10-11,16H,6-9,12,17H2,1H3. The van der Waals surface area contributed by atoms with Gasteiger partial charge in [-0.1, -0.05) is 12.1 Å². The van der Waals surface area contributed by atoms with E-state index >= 15 is 0 Å². The fourth-order valence-electron chi connectivity index (χ4n) is 2.56. The van der Waals surface area contributed by atoms with Crippen LogP contribution in [-0.4, -0.2) is 27.3 Å². The number of hydrogen-bond acceptors (Lipinski definition) is 3. The van der Waals surface area contributed by atoms with Crippen molar-refractivity contribution in [3.05, 3.63) is 47.8 Å². The Bertz CT molecular complexity index is 554. The summed E-state index contributed by atoms with van der Waals surface area (Å²) in [5.41, 5.74) is 9.24. The van der Waals surface area contributed by atoms with Crippen molar-refractivity contribution in [2.24, 2.45) is 7.05 Å². The van der Waals surface area contributed by atoms with Crippen molar-refractivity contribution < 1.29 is 0 Å². The lowest BCUT2D eigenvalue weighted by Crippen LogP contribution is -2.27. The fraction of sp³-hybridized carbons (Fsp3) is 0.438. The first kappa shape index (κ1) is 13.2. The van der Waals surface area contributed by atoms with E-state index in [0.29, 0.717) is 0 Å². The second-order valence-electron chi connectivity index (χ2n) is 5.72. The minimum atomic E-state index is 0.768. The van der Waals surface area contributed by atoms with E-state index in [4.69, 9.17) is 5.73 Å². The molecule has 1 aromatic carbocycles. The Morgan fingerprint density at radius 2 is 2.00 bits per heavy atom. The molecule has 1 aliphatic carbocycles. The molecule has 0 saturated heterocycles. The molecule has 20 heavy (non-hydrogen) atoms. The van der Waals surface area contributed by atoms with E-state index in [1.807, 2.05) is 30.1 Å². The van der Waals surface area contributed by atoms with Gasteiger partial charge in [-0.3, -0.25) is 9.58 Å². The molecule has 1 heterocycles. The number of anilines is 1. The molecule has 1 saturated carbocycles. The van der Waals surface area contributed by atoms with Crippen LogP contribution in [0, 0.1) is 0 Å². The molecular formula is C16H22N4. The van der Waals surface area contributed by atoms with Gasteiger partial charge in [0.1, 0.15) is 0 Å². The van der Waals surface area contributed by atoms with Gasteiger partial charge in [0, 0.05) is 38.1 Å². The third-order valence-electron chi connectivity index (χ3n) is 3.87. The first-order valence-corrected chi connectivity index (χ1v) is 7.27. The lowest BCUT2D eigenvalue weighted by Gasteiger charge is -2.21. The lowest BCUT2D eigenvalue weighted by atomic mass is 10.1. The number of aryl methyl sites for hydroxylation is 1. The van der Waals surface area contributed by atoms with E-state index in [0.717, 1.165) is 31.2 Å². The van der Waals surface area contributed by atoms with Gasteiger partial charge in [0.25, 0.3) is 0 Å². The van der Waals surface area contributed by atoms with E-state index in [9.17, 15) is 0 Å². The zero-order valence-electron chi connectivity index (χ0n) is 12.0. The van der Waals surface area contributed by atoms with Crippen molar-refractivity contribution >= 4 is 5.69 Å². The highest BCUT2D eigenvalue weighted by atomic mass is 15.2. The van der Waals surface area contributed by atoms with Crippen LogP contribution in [0.15, 0.2) is 36.7 Å². The molecule has 1 aliphatic rings. The second-order valence-corrected chi connectivity index (χ2v) is 5.72. The Labute approximate surface area is 120 Å². The predicted molar refractivity (Wildman–Crippen MR) is 81.2 cm³/mol. The van der Waals surface area contributed by atoms with Gasteiger partial charge >= 0.3 is 0 Å². The highest BCUT2D eigenvalue weighted by Crippen LogP contribution is 2.28. The second kappa shape index (κ2) is 5.67. The molecule has 0 radical (unpaired) electrons. The summed E-state index contributed by atoms with van der Waals surface area (Å²) in [7, 11) is 1.97. The third-order valence-corrected chi connectivity index (χ3v) is 3.87. The zero-order valence-corrected chi connectivity index (χ0v) is 12.0. The molecule has 1 aromatic heterocycles. The van der Waals surface area contributed by atoms with Crippen LogP contribution in [0.4, 0.5) is 5.69 Å².